The summed E-state index contributed by atoms with van der Waals surface area (Å²) in [5, 5.41) is 12.1. The van der Waals surface area contributed by atoms with Crippen molar-refractivity contribution < 1.29 is 27.9 Å². The molecule has 0 aliphatic rings. The Morgan fingerprint density at radius 1 is 1.09 bits per heavy atom. The highest BCUT2D eigenvalue weighted by Gasteiger charge is 2.34. The first-order valence-electron chi connectivity index (χ1n) is 10.2. The van der Waals surface area contributed by atoms with Crippen LogP contribution in [0.1, 0.15) is 27.2 Å². The van der Waals surface area contributed by atoms with E-state index in [0.29, 0.717) is 15.7 Å². The average molecular weight is 527 g/mol. The van der Waals surface area contributed by atoms with Crippen molar-refractivity contribution in [3.05, 3.63) is 91.3 Å². The first kappa shape index (κ1) is 26.3. The van der Waals surface area contributed by atoms with Crippen LogP contribution in [0, 0.1) is 6.92 Å². The lowest BCUT2D eigenvalue weighted by Gasteiger charge is -2.17. The summed E-state index contributed by atoms with van der Waals surface area (Å²) >= 11 is 12.0. The van der Waals surface area contributed by atoms with Gasteiger partial charge in [0, 0.05) is 13.5 Å². The number of halogens is 5. The molecule has 1 atom stereocenters. The summed E-state index contributed by atoms with van der Waals surface area (Å²) in [6, 6.07) is 10.1. The second kappa shape index (κ2) is 10.1. The zero-order chi connectivity index (χ0) is 26.1. The van der Waals surface area contributed by atoms with Crippen LogP contribution >= 0.6 is 23.2 Å². The molecule has 184 valence electrons. The number of carboxylic acid groups (broad SMARTS) is 1. The summed E-state index contributed by atoms with van der Waals surface area (Å²) in [5.74, 6) is -2.05. The van der Waals surface area contributed by atoms with E-state index in [-0.39, 0.29) is 33.2 Å². The van der Waals surface area contributed by atoms with Gasteiger partial charge in [0.1, 0.15) is 11.7 Å². The van der Waals surface area contributed by atoms with Crippen LogP contribution in [0.3, 0.4) is 0 Å². The smallest absolute Gasteiger partial charge is 0.431 e. The molecule has 3 aromatic rings. The number of nitrogens with zero attached hydrogens (tertiary/aromatic N) is 1. The number of aryl methyl sites for hydroxylation is 1. The second-order valence-corrected chi connectivity index (χ2v) is 8.63. The largest absolute Gasteiger partial charge is 0.480 e. The number of carboxylic acids is 1. The summed E-state index contributed by atoms with van der Waals surface area (Å²) < 4.78 is 40.1. The van der Waals surface area contributed by atoms with Gasteiger partial charge in [0.15, 0.2) is 0 Å². The zero-order valence-corrected chi connectivity index (χ0v) is 19.9. The fourth-order valence-corrected chi connectivity index (χ4v) is 4.20. The topological polar surface area (TPSA) is 88.4 Å². The number of benzene rings is 2. The molecule has 0 aliphatic carbocycles. The third-order valence-electron chi connectivity index (χ3n) is 5.39. The van der Waals surface area contributed by atoms with E-state index < -0.39 is 35.3 Å². The van der Waals surface area contributed by atoms with Gasteiger partial charge in [-0.3, -0.25) is 9.59 Å². The Bertz CT molecular complexity index is 1330. The second-order valence-electron chi connectivity index (χ2n) is 7.81. The van der Waals surface area contributed by atoms with Gasteiger partial charge in [-0.15, -0.1) is 0 Å². The maximum Gasteiger partial charge on any atom is 0.431 e. The van der Waals surface area contributed by atoms with Crippen LogP contribution in [0.2, 0.25) is 10.0 Å². The van der Waals surface area contributed by atoms with E-state index in [2.05, 4.69) is 5.32 Å². The number of amides is 1. The average Bonchev–Trinajstić information content (AvgIpc) is 2.76. The van der Waals surface area contributed by atoms with Gasteiger partial charge in [0.25, 0.3) is 11.5 Å². The molecule has 0 aliphatic heterocycles. The standard InChI is InChI=1S/C24H19Cl2F3N2O4/c1-12-10-18(24(27,28)29)31(2)22(33)19(12)14-8-6-13(7-9-14)11-17(23(34)35)30-21(32)20-15(25)4-3-5-16(20)26/h3-10,17H,11H2,1-2H3,(H,30,32)(H,34,35)/t17-/m0/s1. The molecular formula is C24H19Cl2F3N2O4. The van der Waals surface area contributed by atoms with Crippen molar-refractivity contribution in [1.29, 1.82) is 0 Å². The number of alkyl halides is 3. The highest BCUT2D eigenvalue weighted by atomic mass is 35.5. The summed E-state index contributed by atoms with van der Waals surface area (Å²) in [5.41, 5.74) is -0.779. The van der Waals surface area contributed by atoms with Crippen molar-refractivity contribution in [3.8, 4) is 11.1 Å². The molecule has 1 amide bonds. The van der Waals surface area contributed by atoms with Crippen LogP contribution in [0.15, 0.2) is 53.3 Å². The number of hydrogen-bond acceptors (Lipinski definition) is 3. The third kappa shape index (κ3) is 5.68. The van der Waals surface area contributed by atoms with E-state index in [1.54, 1.807) is 6.07 Å². The van der Waals surface area contributed by atoms with E-state index in [9.17, 15) is 32.7 Å². The predicted octanol–water partition coefficient (Wildman–Crippen LogP) is 5.11. The van der Waals surface area contributed by atoms with Crippen LogP contribution < -0.4 is 10.9 Å². The number of carbonyl (C=O) groups is 2. The molecule has 0 radical (unpaired) electrons. The Morgan fingerprint density at radius 3 is 2.17 bits per heavy atom. The number of nitrogens with one attached hydrogen (secondary N) is 1. The van der Waals surface area contributed by atoms with Gasteiger partial charge >= 0.3 is 12.1 Å². The number of carbonyl (C=O) groups excluding carboxylic acids is 1. The molecule has 2 aromatic carbocycles. The molecule has 3 rings (SSSR count). The molecule has 1 aromatic heterocycles. The Morgan fingerprint density at radius 2 is 1.66 bits per heavy atom. The molecule has 0 saturated carbocycles. The SMILES string of the molecule is Cc1cc(C(F)(F)F)n(C)c(=O)c1-c1ccc(C[C@H](NC(=O)c2c(Cl)cccc2Cl)C(=O)O)cc1. The van der Waals surface area contributed by atoms with Crippen molar-refractivity contribution >= 4 is 35.1 Å². The highest BCUT2D eigenvalue weighted by molar-refractivity contribution is 6.39. The highest BCUT2D eigenvalue weighted by Crippen LogP contribution is 2.31. The molecule has 11 heteroatoms. The maximum absolute atomic E-state index is 13.2. The molecule has 0 spiro atoms. The van der Waals surface area contributed by atoms with Gasteiger partial charge in [0.2, 0.25) is 0 Å². The molecule has 2 N–H and O–H groups in total. The van der Waals surface area contributed by atoms with Crippen molar-refractivity contribution in [1.82, 2.24) is 9.88 Å². The molecule has 0 fully saturated rings. The molecular weight excluding hydrogens is 508 g/mol. The molecule has 0 unspecified atom stereocenters. The quantitative estimate of drug-likeness (QED) is 0.467. The normalized spacial score (nSPS) is 12.3. The van der Waals surface area contributed by atoms with Crippen molar-refractivity contribution in [2.45, 2.75) is 25.6 Å². The fraction of sp³-hybridized carbons (Fsp3) is 0.208. The van der Waals surface area contributed by atoms with Crippen molar-refractivity contribution in [2.24, 2.45) is 7.05 Å². The van der Waals surface area contributed by atoms with Crippen LogP contribution in [-0.2, 0) is 24.4 Å². The minimum absolute atomic E-state index is 0.0499. The lowest BCUT2D eigenvalue weighted by atomic mass is 9.98. The number of pyridine rings is 1. The lowest BCUT2D eigenvalue weighted by molar-refractivity contribution is -0.143. The van der Waals surface area contributed by atoms with E-state index in [0.717, 1.165) is 13.1 Å². The summed E-state index contributed by atoms with van der Waals surface area (Å²) in [7, 11) is 1.05. The number of hydrogen-bond donors (Lipinski definition) is 2. The summed E-state index contributed by atoms with van der Waals surface area (Å²) in [6.07, 6.45) is -4.78. The molecule has 0 bridgehead atoms. The summed E-state index contributed by atoms with van der Waals surface area (Å²) in [6.45, 7) is 1.41. The molecule has 35 heavy (non-hydrogen) atoms. The van der Waals surface area contributed by atoms with Crippen LogP contribution in [-0.4, -0.2) is 27.6 Å². The molecule has 1 heterocycles. The fourth-order valence-electron chi connectivity index (χ4n) is 3.63. The molecule has 0 saturated heterocycles. The minimum atomic E-state index is -4.68. The monoisotopic (exact) mass is 526 g/mol. The Labute approximate surface area is 207 Å². The van der Waals surface area contributed by atoms with Gasteiger partial charge in [-0.05, 0) is 41.8 Å². The Kier molecular flexibility index (Phi) is 7.62. The van der Waals surface area contributed by atoms with Gasteiger partial charge in [-0.1, -0.05) is 53.5 Å². The molecule has 6 nitrogen and oxygen atoms in total. The predicted molar refractivity (Wildman–Crippen MR) is 126 cm³/mol. The van der Waals surface area contributed by atoms with E-state index in [1.165, 1.54) is 43.3 Å². The Hall–Kier alpha value is -3.30. The van der Waals surface area contributed by atoms with Gasteiger partial charge in [0.05, 0.1) is 21.2 Å². The van der Waals surface area contributed by atoms with Gasteiger partial charge in [-0.2, -0.15) is 13.2 Å². The minimum Gasteiger partial charge on any atom is -0.480 e. The van der Waals surface area contributed by atoms with Gasteiger partial charge < -0.3 is 15.0 Å². The van der Waals surface area contributed by atoms with Crippen LogP contribution in [0.25, 0.3) is 11.1 Å². The van der Waals surface area contributed by atoms with Crippen molar-refractivity contribution in [3.63, 3.8) is 0 Å². The lowest BCUT2D eigenvalue weighted by Crippen LogP contribution is -2.42. The van der Waals surface area contributed by atoms with Crippen LogP contribution in [0.5, 0.6) is 0 Å². The van der Waals surface area contributed by atoms with E-state index >= 15 is 0 Å². The first-order valence-corrected chi connectivity index (χ1v) is 10.9. The van der Waals surface area contributed by atoms with Gasteiger partial charge in [-0.25, -0.2) is 4.79 Å². The third-order valence-corrected chi connectivity index (χ3v) is 6.02. The number of aliphatic carboxylic acids is 1. The van der Waals surface area contributed by atoms with E-state index in [1.807, 2.05) is 0 Å². The van der Waals surface area contributed by atoms with Crippen LogP contribution in [0.4, 0.5) is 13.2 Å². The maximum atomic E-state index is 13.2. The van der Waals surface area contributed by atoms with E-state index in [4.69, 9.17) is 23.2 Å². The zero-order valence-electron chi connectivity index (χ0n) is 18.4. The number of rotatable bonds is 6. The van der Waals surface area contributed by atoms with Crippen molar-refractivity contribution in [2.75, 3.05) is 0 Å². The first-order chi connectivity index (χ1) is 16.3. The Balaban J connectivity index is 1.86. The number of aromatic nitrogens is 1. The summed E-state index contributed by atoms with van der Waals surface area (Å²) in [4.78, 5) is 37.0.